The van der Waals surface area contributed by atoms with Gasteiger partial charge in [0, 0.05) is 22.1 Å². The van der Waals surface area contributed by atoms with E-state index in [9.17, 15) is 4.79 Å². The lowest BCUT2D eigenvalue weighted by atomic mass is 10.1. The minimum absolute atomic E-state index is 0.0134. The second kappa shape index (κ2) is 5.60. The molecule has 24 heavy (non-hydrogen) atoms. The standard InChI is InChI=1S/C19H16BrN3O/c1-12(2)22-18-11-16(13-6-4-3-5-7-13)21-23(18)17-10-14(20)8-9-15(17)19(22)24/h3-12H,1-2H3. The fourth-order valence-corrected chi connectivity index (χ4v) is 3.41. The summed E-state index contributed by atoms with van der Waals surface area (Å²) in [5, 5.41) is 5.44. The number of rotatable bonds is 2. The van der Waals surface area contributed by atoms with Crippen molar-refractivity contribution in [3.8, 4) is 11.3 Å². The Morgan fingerprint density at radius 3 is 2.50 bits per heavy atom. The number of halogens is 1. The highest BCUT2D eigenvalue weighted by molar-refractivity contribution is 9.10. The molecule has 0 aliphatic carbocycles. The van der Waals surface area contributed by atoms with Gasteiger partial charge in [0.25, 0.3) is 5.56 Å². The van der Waals surface area contributed by atoms with Crippen LogP contribution in [0.1, 0.15) is 19.9 Å². The Kier molecular flexibility index (Phi) is 3.53. The quantitative estimate of drug-likeness (QED) is 0.506. The summed E-state index contributed by atoms with van der Waals surface area (Å²) in [5.74, 6) is 0. The van der Waals surface area contributed by atoms with E-state index in [0.29, 0.717) is 5.39 Å². The summed E-state index contributed by atoms with van der Waals surface area (Å²) in [6.45, 7) is 4.03. The van der Waals surface area contributed by atoms with Crippen LogP contribution >= 0.6 is 15.9 Å². The third-order valence-corrected chi connectivity index (χ3v) is 4.65. The highest BCUT2D eigenvalue weighted by Gasteiger charge is 2.16. The molecule has 0 spiro atoms. The van der Waals surface area contributed by atoms with Crippen LogP contribution in [0.2, 0.25) is 0 Å². The average molecular weight is 382 g/mol. The fraction of sp³-hybridized carbons (Fsp3) is 0.158. The highest BCUT2D eigenvalue weighted by atomic mass is 79.9. The lowest BCUT2D eigenvalue weighted by Gasteiger charge is -2.14. The lowest BCUT2D eigenvalue weighted by molar-refractivity contribution is 0.591. The molecule has 4 rings (SSSR count). The first-order valence-electron chi connectivity index (χ1n) is 7.85. The lowest BCUT2D eigenvalue weighted by Crippen LogP contribution is -2.24. The van der Waals surface area contributed by atoms with Crippen LogP contribution in [0.3, 0.4) is 0 Å². The molecule has 120 valence electrons. The molecule has 0 amide bonds. The predicted octanol–water partition coefficient (Wildman–Crippen LogP) is 4.66. The van der Waals surface area contributed by atoms with Crippen LogP contribution in [-0.4, -0.2) is 14.2 Å². The van der Waals surface area contributed by atoms with Crippen molar-refractivity contribution in [3.63, 3.8) is 0 Å². The fourth-order valence-electron chi connectivity index (χ4n) is 3.06. The van der Waals surface area contributed by atoms with Crippen LogP contribution < -0.4 is 5.56 Å². The highest BCUT2D eigenvalue weighted by Crippen LogP contribution is 2.25. The van der Waals surface area contributed by atoms with Crippen LogP contribution in [0.25, 0.3) is 27.8 Å². The van der Waals surface area contributed by atoms with Gasteiger partial charge in [-0.2, -0.15) is 5.10 Å². The maximum Gasteiger partial charge on any atom is 0.261 e. The molecule has 0 unspecified atom stereocenters. The molecule has 0 aliphatic rings. The van der Waals surface area contributed by atoms with Crippen molar-refractivity contribution in [2.75, 3.05) is 0 Å². The molecule has 2 heterocycles. The van der Waals surface area contributed by atoms with Crippen molar-refractivity contribution in [1.82, 2.24) is 14.2 Å². The number of aromatic nitrogens is 3. The van der Waals surface area contributed by atoms with Gasteiger partial charge in [0.15, 0.2) is 0 Å². The molecule has 5 heteroatoms. The Bertz CT molecular complexity index is 1110. The van der Waals surface area contributed by atoms with E-state index >= 15 is 0 Å². The van der Waals surface area contributed by atoms with Gasteiger partial charge in [0.2, 0.25) is 0 Å². The molecule has 2 aromatic heterocycles. The van der Waals surface area contributed by atoms with Gasteiger partial charge >= 0.3 is 0 Å². The SMILES string of the molecule is CC(C)n1c(=O)c2ccc(Br)cc2n2nc(-c3ccccc3)cc12. The molecule has 4 nitrogen and oxygen atoms in total. The van der Waals surface area contributed by atoms with Crippen LogP contribution in [0, 0.1) is 0 Å². The molecule has 0 bridgehead atoms. The van der Waals surface area contributed by atoms with Gasteiger partial charge < -0.3 is 0 Å². The van der Waals surface area contributed by atoms with Gasteiger partial charge in [-0.15, -0.1) is 0 Å². The molecule has 4 aromatic rings. The van der Waals surface area contributed by atoms with Crippen molar-refractivity contribution in [1.29, 1.82) is 0 Å². The van der Waals surface area contributed by atoms with Crippen LogP contribution in [0.5, 0.6) is 0 Å². The molecule has 0 atom stereocenters. The summed E-state index contributed by atoms with van der Waals surface area (Å²) in [5.41, 5.74) is 3.52. The topological polar surface area (TPSA) is 39.3 Å². The maximum atomic E-state index is 12.9. The smallest absolute Gasteiger partial charge is 0.261 e. The summed E-state index contributed by atoms with van der Waals surface area (Å²) in [7, 11) is 0. The summed E-state index contributed by atoms with van der Waals surface area (Å²) in [4.78, 5) is 12.9. The Hall–Kier alpha value is -2.40. The van der Waals surface area contributed by atoms with Gasteiger partial charge in [0.05, 0.1) is 16.6 Å². The second-order valence-corrected chi connectivity index (χ2v) is 7.01. The first-order chi connectivity index (χ1) is 11.6. The van der Waals surface area contributed by atoms with Crippen molar-refractivity contribution in [2.45, 2.75) is 19.9 Å². The molecular formula is C19H16BrN3O. The van der Waals surface area contributed by atoms with Gasteiger partial charge in [-0.1, -0.05) is 46.3 Å². The van der Waals surface area contributed by atoms with Crippen LogP contribution in [0.15, 0.2) is 63.9 Å². The van der Waals surface area contributed by atoms with Crippen LogP contribution in [0.4, 0.5) is 0 Å². The van der Waals surface area contributed by atoms with Crippen molar-refractivity contribution < 1.29 is 0 Å². The van der Waals surface area contributed by atoms with Gasteiger partial charge in [-0.3, -0.25) is 9.36 Å². The number of hydrogen-bond donors (Lipinski definition) is 0. The van der Waals surface area contributed by atoms with E-state index in [2.05, 4.69) is 15.9 Å². The Morgan fingerprint density at radius 1 is 1.04 bits per heavy atom. The van der Waals surface area contributed by atoms with E-state index in [0.717, 1.165) is 26.9 Å². The summed E-state index contributed by atoms with van der Waals surface area (Å²) in [6, 6.07) is 17.7. The normalized spacial score (nSPS) is 11.7. The summed E-state index contributed by atoms with van der Waals surface area (Å²) < 4.78 is 4.59. The molecule has 0 fully saturated rings. The van der Waals surface area contributed by atoms with Crippen molar-refractivity contribution in [2.24, 2.45) is 0 Å². The van der Waals surface area contributed by atoms with Crippen molar-refractivity contribution >= 4 is 32.5 Å². The van der Waals surface area contributed by atoms with Gasteiger partial charge in [0.1, 0.15) is 5.65 Å². The van der Waals surface area contributed by atoms with E-state index < -0.39 is 0 Å². The monoisotopic (exact) mass is 381 g/mol. The average Bonchev–Trinajstić information content (AvgIpc) is 3.00. The largest absolute Gasteiger partial charge is 0.290 e. The third kappa shape index (κ3) is 2.27. The first-order valence-corrected chi connectivity index (χ1v) is 8.64. The number of fused-ring (bicyclic) bond motifs is 3. The predicted molar refractivity (Wildman–Crippen MR) is 100 cm³/mol. The minimum atomic E-state index is 0.0134. The zero-order valence-corrected chi connectivity index (χ0v) is 15.0. The molecule has 0 radical (unpaired) electrons. The molecule has 0 N–H and O–H groups in total. The molecule has 0 saturated carbocycles. The van der Waals surface area contributed by atoms with Gasteiger partial charge in [-0.25, -0.2) is 4.52 Å². The zero-order chi connectivity index (χ0) is 16.8. The number of hydrogen-bond acceptors (Lipinski definition) is 2. The molecule has 2 aromatic carbocycles. The zero-order valence-electron chi connectivity index (χ0n) is 13.4. The van der Waals surface area contributed by atoms with E-state index in [-0.39, 0.29) is 11.6 Å². The van der Waals surface area contributed by atoms with Gasteiger partial charge in [-0.05, 0) is 32.0 Å². The van der Waals surface area contributed by atoms with Crippen molar-refractivity contribution in [3.05, 3.63) is 69.4 Å². The maximum absolute atomic E-state index is 12.9. The molecular weight excluding hydrogens is 366 g/mol. The Morgan fingerprint density at radius 2 is 1.79 bits per heavy atom. The number of nitrogens with zero attached hydrogens (tertiary/aromatic N) is 3. The van der Waals surface area contributed by atoms with E-state index in [1.807, 2.05) is 73.0 Å². The Balaban J connectivity index is 2.17. The second-order valence-electron chi connectivity index (χ2n) is 6.10. The van der Waals surface area contributed by atoms with E-state index in [4.69, 9.17) is 5.10 Å². The Labute approximate surface area is 147 Å². The van der Waals surface area contributed by atoms with Crippen LogP contribution in [-0.2, 0) is 0 Å². The molecule has 0 saturated heterocycles. The minimum Gasteiger partial charge on any atom is -0.290 e. The number of benzene rings is 2. The first kappa shape index (κ1) is 15.1. The van der Waals surface area contributed by atoms with E-state index in [1.165, 1.54) is 0 Å². The summed E-state index contributed by atoms with van der Waals surface area (Å²) in [6.07, 6.45) is 0. The van der Waals surface area contributed by atoms with E-state index in [1.54, 1.807) is 4.57 Å². The summed E-state index contributed by atoms with van der Waals surface area (Å²) >= 11 is 3.49. The third-order valence-electron chi connectivity index (χ3n) is 4.16. The molecule has 0 aliphatic heterocycles.